The van der Waals surface area contributed by atoms with E-state index in [9.17, 15) is 4.79 Å². The van der Waals surface area contributed by atoms with Crippen LogP contribution in [0.2, 0.25) is 0 Å². The molecule has 1 aliphatic rings. The fourth-order valence-corrected chi connectivity index (χ4v) is 2.86. The normalized spacial score (nSPS) is 18.2. The zero-order valence-corrected chi connectivity index (χ0v) is 12.9. The van der Waals surface area contributed by atoms with Gasteiger partial charge in [-0.2, -0.15) is 0 Å². The minimum absolute atomic E-state index is 0.0504. The fraction of sp³-hybridized carbons (Fsp3) is 0.588. The van der Waals surface area contributed by atoms with E-state index in [1.54, 1.807) is 0 Å². The van der Waals surface area contributed by atoms with Crippen molar-refractivity contribution in [2.45, 2.75) is 45.2 Å². The summed E-state index contributed by atoms with van der Waals surface area (Å²) in [7, 11) is 2.08. The first-order valence-corrected chi connectivity index (χ1v) is 7.69. The highest BCUT2D eigenvalue weighted by Gasteiger charge is 2.26. The number of ketones is 1. The molecule has 3 heteroatoms. The summed E-state index contributed by atoms with van der Waals surface area (Å²) >= 11 is 0. The van der Waals surface area contributed by atoms with Crippen molar-refractivity contribution in [1.82, 2.24) is 10.2 Å². The van der Waals surface area contributed by atoms with Gasteiger partial charge in [0, 0.05) is 11.6 Å². The largest absolute Gasteiger partial charge is 0.317 e. The van der Waals surface area contributed by atoms with Crippen molar-refractivity contribution in [3.05, 3.63) is 35.4 Å². The van der Waals surface area contributed by atoms with Gasteiger partial charge in [-0.3, -0.25) is 9.69 Å². The predicted molar refractivity (Wildman–Crippen MR) is 83.3 cm³/mol. The van der Waals surface area contributed by atoms with Crippen LogP contribution in [0.25, 0.3) is 0 Å². The monoisotopic (exact) mass is 274 g/mol. The van der Waals surface area contributed by atoms with Crippen LogP contribution in [-0.4, -0.2) is 42.9 Å². The van der Waals surface area contributed by atoms with E-state index < -0.39 is 0 Å². The molecule has 0 saturated carbocycles. The summed E-state index contributed by atoms with van der Waals surface area (Å²) in [4.78, 5) is 14.8. The van der Waals surface area contributed by atoms with Crippen LogP contribution in [0.15, 0.2) is 24.3 Å². The van der Waals surface area contributed by atoms with Crippen molar-refractivity contribution in [2.75, 3.05) is 20.1 Å². The number of nitrogens with one attached hydrogen (secondary N) is 1. The molecule has 3 nitrogen and oxygen atoms in total. The SMILES string of the molecule is CCc1ccc(C(=O)C(C)N(C)C2CCNCC2)cc1. The number of nitrogens with zero attached hydrogens (tertiary/aromatic N) is 1. The number of rotatable bonds is 5. The van der Waals surface area contributed by atoms with Crippen LogP contribution in [0, 0.1) is 0 Å². The lowest BCUT2D eigenvalue weighted by Crippen LogP contribution is -2.47. The first-order valence-electron chi connectivity index (χ1n) is 7.69. The molecule has 0 aliphatic carbocycles. The van der Waals surface area contributed by atoms with Crippen molar-refractivity contribution in [3.8, 4) is 0 Å². The molecule has 20 heavy (non-hydrogen) atoms. The standard InChI is InChI=1S/C17H26N2O/c1-4-14-5-7-15(8-6-14)17(20)13(2)19(3)16-9-11-18-12-10-16/h5-8,13,16,18H,4,9-12H2,1-3H3. The number of likely N-dealkylation sites (N-methyl/N-ethyl adjacent to an activating group) is 1. The molecule has 0 spiro atoms. The van der Waals surface area contributed by atoms with E-state index in [2.05, 4.69) is 36.3 Å². The Hall–Kier alpha value is -1.19. The molecular weight excluding hydrogens is 248 g/mol. The molecular formula is C17H26N2O. The quantitative estimate of drug-likeness (QED) is 0.837. The number of carbonyl (C=O) groups excluding carboxylic acids is 1. The summed E-state index contributed by atoms with van der Waals surface area (Å²) in [6, 6.07) is 8.52. The predicted octanol–water partition coefficient (Wildman–Crippen LogP) is 2.50. The Morgan fingerprint density at radius 3 is 2.45 bits per heavy atom. The molecule has 1 heterocycles. The molecule has 1 N–H and O–H groups in total. The van der Waals surface area contributed by atoms with E-state index in [0.29, 0.717) is 6.04 Å². The minimum Gasteiger partial charge on any atom is -0.317 e. The first kappa shape index (κ1) is 15.2. The Balaban J connectivity index is 2.02. The van der Waals surface area contributed by atoms with Crippen LogP contribution in [0.5, 0.6) is 0 Å². The molecule has 0 amide bonds. The van der Waals surface area contributed by atoms with Gasteiger partial charge >= 0.3 is 0 Å². The molecule has 1 aromatic carbocycles. The maximum Gasteiger partial charge on any atom is 0.179 e. The highest BCUT2D eigenvalue weighted by Crippen LogP contribution is 2.16. The number of carbonyl (C=O) groups is 1. The van der Waals surface area contributed by atoms with Gasteiger partial charge in [0.05, 0.1) is 6.04 Å². The van der Waals surface area contributed by atoms with Gasteiger partial charge in [0.2, 0.25) is 0 Å². The van der Waals surface area contributed by atoms with Crippen molar-refractivity contribution >= 4 is 5.78 Å². The van der Waals surface area contributed by atoms with E-state index >= 15 is 0 Å². The maximum atomic E-state index is 12.6. The zero-order chi connectivity index (χ0) is 14.5. The third kappa shape index (κ3) is 3.47. The molecule has 1 unspecified atom stereocenters. The molecule has 1 aliphatic heterocycles. The van der Waals surface area contributed by atoms with Crippen molar-refractivity contribution < 1.29 is 4.79 Å². The molecule has 110 valence electrons. The van der Waals surface area contributed by atoms with Crippen LogP contribution in [-0.2, 0) is 6.42 Å². The lowest BCUT2D eigenvalue weighted by molar-refractivity contribution is 0.0786. The second kappa shape index (κ2) is 7.00. The average molecular weight is 274 g/mol. The van der Waals surface area contributed by atoms with Crippen LogP contribution in [0.3, 0.4) is 0 Å². The Bertz CT molecular complexity index is 435. The van der Waals surface area contributed by atoms with Crippen molar-refractivity contribution in [2.24, 2.45) is 0 Å². The van der Waals surface area contributed by atoms with Gasteiger partial charge in [0.25, 0.3) is 0 Å². The second-order valence-electron chi connectivity index (χ2n) is 5.74. The molecule has 1 aromatic rings. The van der Waals surface area contributed by atoms with Gasteiger partial charge < -0.3 is 5.32 Å². The molecule has 0 radical (unpaired) electrons. The third-order valence-corrected chi connectivity index (χ3v) is 4.52. The Morgan fingerprint density at radius 1 is 1.30 bits per heavy atom. The van der Waals surface area contributed by atoms with Gasteiger partial charge in [0.15, 0.2) is 5.78 Å². The fourth-order valence-electron chi connectivity index (χ4n) is 2.86. The zero-order valence-electron chi connectivity index (χ0n) is 12.9. The Morgan fingerprint density at radius 2 is 1.90 bits per heavy atom. The van der Waals surface area contributed by atoms with E-state index in [1.165, 1.54) is 5.56 Å². The second-order valence-corrected chi connectivity index (χ2v) is 5.74. The summed E-state index contributed by atoms with van der Waals surface area (Å²) in [5.74, 6) is 0.230. The minimum atomic E-state index is -0.0504. The lowest BCUT2D eigenvalue weighted by Gasteiger charge is -2.35. The van der Waals surface area contributed by atoms with Gasteiger partial charge in [-0.1, -0.05) is 31.2 Å². The number of hydrogen-bond acceptors (Lipinski definition) is 3. The topological polar surface area (TPSA) is 32.3 Å². The number of benzene rings is 1. The van der Waals surface area contributed by atoms with E-state index in [1.807, 2.05) is 19.1 Å². The lowest BCUT2D eigenvalue weighted by atomic mass is 9.98. The van der Waals surface area contributed by atoms with E-state index in [0.717, 1.165) is 37.9 Å². The van der Waals surface area contributed by atoms with Gasteiger partial charge in [0.1, 0.15) is 0 Å². The highest BCUT2D eigenvalue weighted by atomic mass is 16.1. The van der Waals surface area contributed by atoms with Crippen LogP contribution < -0.4 is 5.32 Å². The van der Waals surface area contributed by atoms with Crippen molar-refractivity contribution in [3.63, 3.8) is 0 Å². The smallest absolute Gasteiger partial charge is 0.179 e. The third-order valence-electron chi connectivity index (χ3n) is 4.52. The van der Waals surface area contributed by atoms with Crippen LogP contribution in [0.4, 0.5) is 0 Å². The summed E-state index contributed by atoms with van der Waals surface area (Å²) in [5.41, 5.74) is 2.11. The number of aryl methyl sites for hydroxylation is 1. The summed E-state index contributed by atoms with van der Waals surface area (Å²) in [5, 5.41) is 3.37. The summed E-state index contributed by atoms with van der Waals surface area (Å²) in [6.07, 6.45) is 3.27. The average Bonchev–Trinajstić information content (AvgIpc) is 2.53. The Kier molecular flexibility index (Phi) is 5.32. The molecule has 1 atom stereocenters. The van der Waals surface area contributed by atoms with Crippen LogP contribution in [0.1, 0.15) is 42.6 Å². The number of hydrogen-bond donors (Lipinski definition) is 1. The van der Waals surface area contributed by atoms with Crippen LogP contribution >= 0.6 is 0 Å². The number of piperidine rings is 1. The van der Waals surface area contributed by atoms with Crippen molar-refractivity contribution in [1.29, 1.82) is 0 Å². The molecule has 1 fully saturated rings. The Labute approximate surface area is 122 Å². The summed E-state index contributed by atoms with van der Waals surface area (Å²) < 4.78 is 0. The van der Waals surface area contributed by atoms with Gasteiger partial charge in [-0.25, -0.2) is 0 Å². The molecule has 0 bridgehead atoms. The molecule has 2 rings (SSSR count). The summed E-state index contributed by atoms with van der Waals surface area (Å²) in [6.45, 7) is 6.27. The maximum absolute atomic E-state index is 12.6. The van der Waals surface area contributed by atoms with Gasteiger partial charge in [-0.05, 0) is 51.9 Å². The van der Waals surface area contributed by atoms with E-state index in [4.69, 9.17) is 0 Å². The highest BCUT2D eigenvalue weighted by molar-refractivity contribution is 5.99. The van der Waals surface area contributed by atoms with E-state index in [-0.39, 0.29) is 11.8 Å². The molecule has 0 aromatic heterocycles. The number of Topliss-reactive ketones (excluding diaryl/α,β-unsaturated/α-hetero) is 1. The molecule has 1 saturated heterocycles. The first-order chi connectivity index (χ1) is 9.63. The van der Waals surface area contributed by atoms with Gasteiger partial charge in [-0.15, -0.1) is 0 Å².